The molecule has 0 aliphatic carbocycles. The third kappa shape index (κ3) is 4.31. The van der Waals surface area contributed by atoms with Crippen LogP contribution in [0.5, 0.6) is 0 Å². The Morgan fingerprint density at radius 2 is 1.83 bits per heavy atom. The fraction of sp³-hybridized carbons (Fsp3) is 0.200. The van der Waals surface area contributed by atoms with E-state index >= 15 is 0 Å². The van der Waals surface area contributed by atoms with Crippen molar-refractivity contribution >= 4 is 46.4 Å². The Balaban J connectivity index is 1.51. The van der Waals surface area contributed by atoms with E-state index in [-0.39, 0.29) is 23.7 Å². The van der Waals surface area contributed by atoms with Crippen LogP contribution in [0.4, 0.5) is 14.9 Å². The molecule has 0 spiro atoms. The molecule has 5 rings (SSSR count). The minimum atomic E-state index is -0.957. The molecule has 3 aromatic rings. The number of carbonyl (C=O) groups is 4. The molecule has 0 saturated carbocycles. The fourth-order valence-electron chi connectivity index (χ4n) is 4.24. The van der Waals surface area contributed by atoms with Crippen LogP contribution in [0.2, 0.25) is 0 Å². The molecular weight excluding hydrogens is 455 g/mol. The van der Waals surface area contributed by atoms with Crippen molar-refractivity contribution in [3.63, 3.8) is 0 Å². The number of morpholine rings is 1. The lowest BCUT2D eigenvalue weighted by Crippen LogP contribution is -2.54. The zero-order chi connectivity index (χ0) is 24.5. The third-order valence-corrected chi connectivity index (χ3v) is 5.96. The largest absolute Gasteiger partial charge is 0.378 e. The standard InChI is InChI=1S/C25H21FN4O5/c26-17-4-3-5-18(13-17)30-24(33)20(23(32)27-25(30)34)12-16-14-29(21-7-2-1-6-19(16)21)15-22(31)28-8-10-35-11-9-28/h1-7,12-14H,8-11,15H2,(H,27,32,34). The number of anilines is 1. The first-order chi connectivity index (χ1) is 16.9. The summed E-state index contributed by atoms with van der Waals surface area (Å²) in [5, 5.41) is 2.86. The summed E-state index contributed by atoms with van der Waals surface area (Å²) >= 11 is 0. The van der Waals surface area contributed by atoms with E-state index in [0.29, 0.717) is 31.9 Å². The average Bonchev–Trinajstić information content (AvgIpc) is 3.19. The molecule has 10 heteroatoms. The lowest BCUT2D eigenvalue weighted by atomic mass is 10.1. The zero-order valence-corrected chi connectivity index (χ0v) is 18.6. The van der Waals surface area contributed by atoms with Crippen molar-refractivity contribution in [1.82, 2.24) is 14.8 Å². The molecule has 3 heterocycles. The van der Waals surface area contributed by atoms with E-state index in [9.17, 15) is 23.6 Å². The zero-order valence-electron chi connectivity index (χ0n) is 18.6. The maximum Gasteiger partial charge on any atom is 0.335 e. The number of hydrogen-bond acceptors (Lipinski definition) is 5. The van der Waals surface area contributed by atoms with Crippen molar-refractivity contribution in [1.29, 1.82) is 0 Å². The normalized spacial score (nSPS) is 17.9. The number of aromatic nitrogens is 1. The highest BCUT2D eigenvalue weighted by atomic mass is 19.1. The average molecular weight is 476 g/mol. The molecule has 1 N–H and O–H groups in total. The Bertz CT molecular complexity index is 1390. The maximum atomic E-state index is 13.7. The molecule has 2 aliphatic heterocycles. The number of amides is 5. The molecule has 2 saturated heterocycles. The Kier molecular flexibility index (Phi) is 5.87. The summed E-state index contributed by atoms with van der Waals surface area (Å²) in [6, 6.07) is 11.3. The molecule has 5 amide bonds. The van der Waals surface area contributed by atoms with Crippen LogP contribution in [0.1, 0.15) is 5.56 Å². The van der Waals surface area contributed by atoms with Crippen molar-refractivity contribution in [2.75, 3.05) is 31.2 Å². The minimum absolute atomic E-state index is 0.00411. The van der Waals surface area contributed by atoms with E-state index in [0.717, 1.165) is 21.9 Å². The van der Waals surface area contributed by atoms with Gasteiger partial charge in [0.25, 0.3) is 11.8 Å². The van der Waals surface area contributed by atoms with Crippen LogP contribution < -0.4 is 10.2 Å². The van der Waals surface area contributed by atoms with Gasteiger partial charge in [0.15, 0.2) is 0 Å². The number of rotatable bonds is 4. The molecule has 0 unspecified atom stereocenters. The predicted molar refractivity (Wildman–Crippen MR) is 125 cm³/mol. The maximum absolute atomic E-state index is 13.7. The summed E-state index contributed by atoms with van der Waals surface area (Å²) in [5.41, 5.74) is 1.01. The van der Waals surface area contributed by atoms with Crippen LogP contribution in [-0.2, 0) is 25.7 Å². The highest BCUT2D eigenvalue weighted by Gasteiger charge is 2.37. The van der Waals surface area contributed by atoms with E-state index in [2.05, 4.69) is 5.32 Å². The molecule has 2 aliphatic rings. The van der Waals surface area contributed by atoms with Gasteiger partial charge in [-0.05, 0) is 30.3 Å². The first-order valence-electron chi connectivity index (χ1n) is 11.0. The number of urea groups is 1. The van der Waals surface area contributed by atoms with E-state index in [1.807, 2.05) is 24.3 Å². The van der Waals surface area contributed by atoms with Gasteiger partial charge in [-0.15, -0.1) is 0 Å². The number of ether oxygens (including phenoxy) is 1. The topological polar surface area (TPSA) is 101 Å². The highest BCUT2D eigenvalue weighted by Crippen LogP contribution is 2.27. The van der Waals surface area contributed by atoms with Gasteiger partial charge in [-0.3, -0.25) is 19.7 Å². The number of barbiturate groups is 1. The molecule has 0 bridgehead atoms. The van der Waals surface area contributed by atoms with Crippen LogP contribution >= 0.6 is 0 Å². The van der Waals surface area contributed by atoms with Crippen LogP contribution in [-0.4, -0.2) is 59.5 Å². The van der Waals surface area contributed by atoms with Crippen molar-refractivity contribution in [2.45, 2.75) is 6.54 Å². The van der Waals surface area contributed by atoms with Crippen molar-refractivity contribution in [3.05, 3.63) is 71.7 Å². The van der Waals surface area contributed by atoms with Crippen molar-refractivity contribution < 1.29 is 28.3 Å². The first-order valence-corrected chi connectivity index (χ1v) is 11.0. The fourth-order valence-corrected chi connectivity index (χ4v) is 4.24. The van der Waals surface area contributed by atoms with E-state index in [4.69, 9.17) is 4.74 Å². The van der Waals surface area contributed by atoms with Gasteiger partial charge in [-0.25, -0.2) is 14.1 Å². The van der Waals surface area contributed by atoms with Gasteiger partial charge in [0.05, 0.1) is 18.9 Å². The van der Waals surface area contributed by atoms with Crippen LogP contribution in [0.15, 0.2) is 60.3 Å². The second-order valence-electron chi connectivity index (χ2n) is 8.16. The number of benzene rings is 2. The number of nitrogens with zero attached hydrogens (tertiary/aromatic N) is 3. The lowest BCUT2D eigenvalue weighted by molar-refractivity contribution is -0.135. The Hall–Kier alpha value is -4.31. The van der Waals surface area contributed by atoms with Crippen LogP contribution in [0, 0.1) is 5.82 Å². The second-order valence-corrected chi connectivity index (χ2v) is 8.16. The van der Waals surface area contributed by atoms with Crippen molar-refractivity contribution in [3.8, 4) is 0 Å². The van der Waals surface area contributed by atoms with Gasteiger partial charge in [0.2, 0.25) is 5.91 Å². The molecule has 9 nitrogen and oxygen atoms in total. The summed E-state index contributed by atoms with van der Waals surface area (Å²) < 4.78 is 20.8. The Morgan fingerprint density at radius 1 is 1.06 bits per heavy atom. The van der Waals surface area contributed by atoms with Gasteiger partial charge < -0.3 is 14.2 Å². The number of hydrogen-bond donors (Lipinski definition) is 1. The minimum Gasteiger partial charge on any atom is -0.378 e. The highest BCUT2D eigenvalue weighted by molar-refractivity contribution is 6.39. The quantitative estimate of drug-likeness (QED) is 0.460. The number of fused-ring (bicyclic) bond motifs is 1. The van der Waals surface area contributed by atoms with Crippen molar-refractivity contribution in [2.24, 2.45) is 0 Å². The monoisotopic (exact) mass is 476 g/mol. The summed E-state index contributed by atoms with van der Waals surface area (Å²) in [7, 11) is 0. The Labute approximate surface area is 199 Å². The smallest absolute Gasteiger partial charge is 0.335 e. The van der Waals surface area contributed by atoms with Gasteiger partial charge in [0, 0.05) is 35.8 Å². The summed E-state index contributed by atoms with van der Waals surface area (Å²) in [6.45, 7) is 2.11. The number of imide groups is 2. The SMILES string of the molecule is O=C1NC(=O)N(c2cccc(F)c2)C(=O)C1=Cc1cn(CC(=O)N2CCOCC2)c2ccccc12. The predicted octanol–water partition coefficient (Wildman–Crippen LogP) is 2.31. The molecular formula is C25H21FN4O5. The molecule has 178 valence electrons. The molecule has 1 aromatic heterocycles. The summed E-state index contributed by atoms with van der Waals surface area (Å²) in [4.78, 5) is 53.4. The van der Waals surface area contributed by atoms with Gasteiger partial charge in [-0.2, -0.15) is 0 Å². The molecule has 35 heavy (non-hydrogen) atoms. The van der Waals surface area contributed by atoms with Gasteiger partial charge in [0.1, 0.15) is 17.9 Å². The van der Waals surface area contributed by atoms with Gasteiger partial charge in [-0.1, -0.05) is 24.3 Å². The van der Waals surface area contributed by atoms with Gasteiger partial charge >= 0.3 is 6.03 Å². The lowest BCUT2D eigenvalue weighted by Gasteiger charge is -2.27. The number of carbonyl (C=O) groups excluding carboxylic acids is 4. The van der Waals surface area contributed by atoms with Crippen LogP contribution in [0.3, 0.4) is 0 Å². The summed E-state index contributed by atoms with van der Waals surface area (Å²) in [5.74, 6) is -2.42. The Morgan fingerprint density at radius 3 is 2.60 bits per heavy atom. The first kappa shape index (κ1) is 22.5. The molecule has 0 atom stereocenters. The number of halogens is 1. The number of para-hydroxylation sites is 1. The van der Waals surface area contributed by atoms with Crippen LogP contribution in [0.25, 0.3) is 17.0 Å². The molecule has 2 fully saturated rings. The summed E-state index contributed by atoms with van der Waals surface area (Å²) in [6.07, 6.45) is 3.08. The molecule has 0 radical (unpaired) electrons. The second kappa shape index (κ2) is 9.15. The van der Waals surface area contributed by atoms with E-state index < -0.39 is 23.7 Å². The van der Waals surface area contributed by atoms with E-state index in [1.54, 1.807) is 15.7 Å². The third-order valence-electron chi connectivity index (χ3n) is 5.96. The van der Waals surface area contributed by atoms with E-state index in [1.165, 1.54) is 24.3 Å². The molecule has 2 aromatic carbocycles. The number of nitrogens with one attached hydrogen (secondary N) is 1.